The third-order valence-electron chi connectivity index (χ3n) is 3.00. The van der Waals surface area contributed by atoms with E-state index in [0.29, 0.717) is 13.1 Å². The maximum atomic E-state index is 11.8. The largest absolute Gasteiger partial charge is 0.383 e. The smallest absolute Gasteiger partial charge is 0.326 e. The third-order valence-corrected chi connectivity index (χ3v) is 3.00. The molecule has 2 aromatic rings. The highest BCUT2D eigenvalue weighted by atomic mass is 16.5. The quantitative estimate of drug-likeness (QED) is 0.658. The number of nitrogens with two attached hydrogens (primary N) is 1. The molecule has 0 saturated heterocycles. The van der Waals surface area contributed by atoms with Crippen molar-refractivity contribution in [3.05, 3.63) is 34.7 Å². The molecule has 1 heterocycles. The minimum atomic E-state index is -0.695. The summed E-state index contributed by atoms with van der Waals surface area (Å²) in [6.45, 7) is 0.880. The number of nitrogens with zero attached hydrogens (tertiary/aromatic N) is 1. The molecule has 7 nitrogen and oxygen atoms in total. The SMILES string of the molecule is COCC(N)C(=O)NCCn1c(=O)[nH]c2ccccc21. The first-order valence-corrected chi connectivity index (χ1v) is 6.33. The average Bonchev–Trinajstić information content (AvgIpc) is 2.75. The summed E-state index contributed by atoms with van der Waals surface area (Å²) in [6, 6.07) is 6.71. The second-order valence-electron chi connectivity index (χ2n) is 4.45. The maximum absolute atomic E-state index is 11.8. The van der Waals surface area contributed by atoms with Crippen LogP contribution in [0.2, 0.25) is 0 Å². The van der Waals surface area contributed by atoms with Crippen LogP contribution < -0.4 is 16.7 Å². The van der Waals surface area contributed by atoms with E-state index in [1.807, 2.05) is 24.3 Å². The molecule has 0 fully saturated rings. The van der Waals surface area contributed by atoms with Gasteiger partial charge in [0, 0.05) is 20.2 Å². The van der Waals surface area contributed by atoms with Gasteiger partial charge in [-0.2, -0.15) is 0 Å². The Morgan fingerprint density at radius 2 is 2.25 bits per heavy atom. The lowest BCUT2D eigenvalue weighted by atomic mass is 10.3. The molecular formula is C13H18N4O3. The molecule has 1 unspecified atom stereocenters. The number of benzene rings is 1. The van der Waals surface area contributed by atoms with E-state index in [-0.39, 0.29) is 18.2 Å². The predicted octanol–water partition coefficient (Wildman–Crippen LogP) is -0.580. The molecule has 0 aliphatic rings. The number of ether oxygens (including phenoxy) is 1. The Kier molecular flexibility index (Phi) is 4.54. The molecule has 1 amide bonds. The van der Waals surface area contributed by atoms with Crippen molar-refractivity contribution in [3.63, 3.8) is 0 Å². The van der Waals surface area contributed by atoms with Crippen molar-refractivity contribution in [1.82, 2.24) is 14.9 Å². The Balaban J connectivity index is 1.98. The second-order valence-corrected chi connectivity index (χ2v) is 4.45. The third kappa shape index (κ3) is 3.06. The number of H-pyrrole nitrogens is 1. The van der Waals surface area contributed by atoms with Crippen LogP contribution in [-0.2, 0) is 16.1 Å². The lowest BCUT2D eigenvalue weighted by Crippen LogP contribution is -2.44. The van der Waals surface area contributed by atoms with Crippen LogP contribution in [0.15, 0.2) is 29.1 Å². The zero-order valence-electron chi connectivity index (χ0n) is 11.3. The van der Waals surface area contributed by atoms with Crippen molar-refractivity contribution < 1.29 is 9.53 Å². The molecule has 4 N–H and O–H groups in total. The van der Waals surface area contributed by atoms with Gasteiger partial charge in [-0.05, 0) is 12.1 Å². The van der Waals surface area contributed by atoms with Crippen LogP contribution in [0.5, 0.6) is 0 Å². The van der Waals surface area contributed by atoms with Gasteiger partial charge in [0.05, 0.1) is 17.6 Å². The molecular weight excluding hydrogens is 260 g/mol. The minimum absolute atomic E-state index is 0.166. The van der Waals surface area contributed by atoms with Crippen LogP contribution >= 0.6 is 0 Å². The number of aromatic nitrogens is 2. The Bertz CT molecular complexity index is 646. The lowest BCUT2D eigenvalue weighted by molar-refractivity contribution is -0.123. The summed E-state index contributed by atoms with van der Waals surface area (Å²) in [4.78, 5) is 26.2. The van der Waals surface area contributed by atoms with Gasteiger partial charge in [-0.1, -0.05) is 12.1 Å². The molecule has 0 aliphatic carbocycles. The van der Waals surface area contributed by atoms with E-state index in [9.17, 15) is 9.59 Å². The number of hydrogen-bond acceptors (Lipinski definition) is 4. The van der Waals surface area contributed by atoms with Gasteiger partial charge in [0.2, 0.25) is 5.91 Å². The number of carbonyl (C=O) groups excluding carboxylic acids is 1. The minimum Gasteiger partial charge on any atom is -0.383 e. The van der Waals surface area contributed by atoms with E-state index in [2.05, 4.69) is 10.3 Å². The molecule has 1 aromatic carbocycles. The van der Waals surface area contributed by atoms with Gasteiger partial charge in [0.1, 0.15) is 6.04 Å². The fourth-order valence-corrected chi connectivity index (χ4v) is 2.01. The van der Waals surface area contributed by atoms with E-state index < -0.39 is 6.04 Å². The number of rotatable bonds is 6. The summed E-state index contributed by atoms with van der Waals surface area (Å²) >= 11 is 0. The highest BCUT2D eigenvalue weighted by molar-refractivity contribution is 5.81. The summed E-state index contributed by atoms with van der Waals surface area (Å²) in [5, 5.41) is 2.68. The maximum Gasteiger partial charge on any atom is 0.326 e. The number of amides is 1. The molecule has 0 radical (unpaired) electrons. The Morgan fingerprint density at radius 3 is 3.00 bits per heavy atom. The van der Waals surface area contributed by atoms with Gasteiger partial charge in [0.15, 0.2) is 0 Å². The predicted molar refractivity (Wildman–Crippen MR) is 75.4 cm³/mol. The van der Waals surface area contributed by atoms with Gasteiger partial charge < -0.3 is 20.8 Å². The fourth-order valence-electron chi connectivity index (χ4n) is 2.01. The second kappa shape index (κ2) is 6.36. The van der Waals surface area contributed by atoms with Gasteiger partial charge in [-0.15, -0.1) is 0 Å². The number of fused-ring (bicyclic) bond motifs is 1. The van der Waals surface area contributed by atoms with Crippen LogP contribution in [-0.4, -0.2) is 41.8 Å². The van der Waals surface area contributed by atoms with E-state index in [4.69, 9.17) is 10.5 Å². The number of hydrogen-bond donors (Lipinski definition) is 3. The fraction of sp³-hybridized carbons (Fsp3) is 0.385. The van der Waals surface area contributed by atoms with Gasteiger partial charge in [-0.25, -0.2) is 4.79 Å². The first-order chi connectivity index (χ1) is 9.63. The summed E-state index contributed by atoms with van der Waals surface area (Å²) in [6.07, 6.45) is 0. The molecule has 1 atom stereocenters. The summed E-state index contributed by atoms with van der Waals surface area (Å²) in [5.74, 6) is -0.292. The zero-order valence-corrected chi connectivity index (χ0v) is 11.3. The van der Waals surface area contributed by atoms with Crippen molar-refractivity contribution in [2.75, 3.05) is 20.3 Å². The highest BCUT2D eigenvalue weighted by Gasteiger charge is 2.12. The van der Waals surface area contributed by atoms with E-state index in [1.165, 1.54) is 7.11 Å². The van der Waals surface area contributed by atoms with E-state index >= 15 is 0 Å². The van der Waals surface area contributed by atoms with Crippen LogP contribution in [0.3, 0.4) is 0 Å². The number of methoxy groups -OCH3 is 1. The van der Waals surface area contributed by atoms with Crippen molar-refractivity contribution in [1.29, 1.82) is 0 Å². The molecule has 0 aliphatic heterocycles. The normalized spacial score (nSPS) is 12.5. The number of para-hydroxylation sites is 2. The Labute approximate surface area is 115 Å². The molecule has 0 saturated carbocycles. The Hall–Kier alpha value is -2.12. The molecule has 1 aromatic heterocycles. The van der Waals surface area contributed by atoms with Crippen molar-refractivity contribution >= 4 is 16.9 Å². The van der Waals surface area contributed by atoms with Gasteiger partial charge >= 0.3 is 5.69 Å². The average molecular weight is 278 g/mol. The van der Waals surface area contributed by atoms with Crippen LogP contribution in [0.1, 0.15) is 0 Å². The Morgan fingerprint density at radius 1 is 1.50 bits per heavy atom. The number of aromatic amines is 1. The molecule has 20 heavy (non-hydrogen) atoms. The topological polar surface area (TPSA) is 102 Å². The zero-order chi connectivity index (χ0) is 14.5. The summed E-state index contributed by atoms with van der Waals surface area (Å²) in [7, 11) is 1.48. The number of nitrogens with one attached hydrogen (secondary N) is 2. The molecule has 0 spiro atoms. The summed E-state index contributed by atoms with van der Waals surface area (Å²) < 4.78 is 6.39. The molecule has 2 rings (SSSR count). The van der Waals surface area contributed by atoms with Gasteiger partial charge in [-0.3, -0.25) is 9.36 Å². The molecule has 0 bridgehead atoms. The lowest BCUT2D eigenvalue weighted by Gasteiger charge is -2.11. The van der Waals surface area contributed by atoms with Crippen LogP contribution in [0, 0.1) is 0 Å². The van der Waals surface area contributed by atoms with Gasteiger partial charge in [0.25, 0.3) is 0 Å². The standard InChI is InChI=1S/C13H18N4O3/c1-20-8-9(14)12(18)15-6-7-17-11-5-3-2-4-10(11)16-13(17)19/h2-5,9H,6-8,14H2,1H3,(H,15,18)(H,16,19). The highest BCUT2D eigenvalue weighted by Crippen LogP contribution is 2.08. The first kappa shape index (κ1) is 14.3. The van der Waals surface area contributed by atoms with Crippen molar-refractivity contribution in [3.8, 4) is 0 Å². The first-order valence-electron chi connectivity index (χ1n) is 6.33. The molecule has 7 heteroatoms. The monoisotopic (exact) mass is 278 g/mol. The van der Waals surface area contributed by atoms with E-state index in [0.717, 1.165) is 11.0 Å². The van der Waals surface area contributed by atoms with Crippen molar-refractivity contribution in [2.24, 2.45) is 5.73 Å². The number of carbonyl (C=O) groups is 1. The van der Waals surface area contributed by atoms with Crippen LogP contribution in [0.4, 0.5) is 0 Å². The van der Waals surface area contributed by atoms with Crippen LogP contribution in [0.25, 0.3) is 11.0 Å². The summed E-state index contributed by atoms with van der Waals surface area (Å²) in [5.41, 5.74) is 6.99. The molecule has 108 valence electrons. The van der Waals surface area contributed by atoms with E-state index in [1.54, 1.807) is 4.57 Å². The van der Waals surface area contributed by atoms with Crippen molar-refractivity contribution in [2.45, 2.75) is 12.6 Å². The number of imidazole rings is 1.